The van der Waals surface area contributed by atoms with E-state index in [9.17, 15) is 9.59 Å². The molecule has 7 heteroatoms. The fraction of sp³-hybridized carbons (Fsp3) is 0.154. The minimum atomic E-state index is -0.647. The summed E-state index contributed by atoms with van der Waals surface area (Å²) in [4.78, 5) is 27.6. The number of ether oxygens (including phenoxy) is 1. The number of nitrogens with zero attached hydrogens (tertiary/aromatic N) is 1. The summed E-state index contributed by atoms with van der Waals surface area (Å²) in [6.07, 6.45) is 0. The fourth-order valence-corrected chi connectivity index (χ4v) is 3.06. The normalized spacial score (nSPS) is 10.4. The minimum absolute atomic E-state index is 0.0103. The van der Waals surface area contributed by atoms with E-state index in [0.29, 0.717) is 20.6 Å². The van der Waals surface area contributed by atoms with Crippen molar-refractivity contribution in [1.29, 1.82) is 0 Å². The molecule has 20 heavy (non-hydrogen) atoms. The summed E-state index contributed by atoms with van der Waals surface area (Å²) in [6.45, 7) is 1.37. The van der Waals surface area contributed by atoms with Crippen LogP contribution in [0.5, 0.6) is 0 Å². The molecule has 104 valence electrons. The molecule has 0 aliphatic carbocycles. The Morgan fingerprint density at radius 2 is 1.80 bits per heavy atom. The van der Waals surface area contributed by atoms with Gasteiger partial charge in [-0.05, 0) is 18.2 Å². The zero-order valence-corrected chi connectivity index (χ0v) is 12.9. The lowest BCUT2D eigenvalue weighted by molar-refractivity contribution is 0.0591. The summed E-state index contributed by atoms with van der Waals surface area (Å²) < 4.78 is 4.62. The maximum atomic E-state index is 11.6. The number of carbonyl (C=O) groups is 2. The van der Waals surface area contributed by atoms with Crippen LogP contribution in [0.2, 0.25) is 10.0 Å². The summed E-state index contributed by atoms with van der Waals surface area (Å²) >= 11 is 13.0. The maximum absolute atomic E-state index is 11.6. The molecule has 0 amide bonds. The number of hydrogen-bond acceptors (Lipinski definition) is 5. The SMILES string of the molecule is COC(=O)c1nc(-c2cc(Cl)cc(Cl)c2)sc1C(C)=O. The van der Waals surface area contributed by atoms with Crippen LogP contribution in [0, 0.1) is 0 Å². The van der Waals surface area contributed by atoms with Gasteiger partial charge in [0, 0.05) is 22.5 Å². The van der Waals surface area contributed by atoms with E-state index in [4.69, 9.17) is 23.2 Å². The summed E-state index contributed by atoms with van der Waals surface area (Å²) in [5.41, 5.74) is 0.654. The molecule has 0 saturated heterocycles. The van der Waals surface area contributed by atoms with Gasteiger partial charge in [-0.15, -0.1) is 11.3 Å². The zero-order chi connectivity index (χ0) is 14.9. The van der Waals surface area contributed by atoms with Crippen molar-refractivity contribution >= 4 is 46.3 Å². The van der Waals surface area contributed by atoms with E-state index in [0.717, 1.165) is 11.3 Å². The first-order valence-corrected chi connectivity index (χ1v) is 7.06. The number of aromatic nitrogens is 1. The topological polar surface area (TPSA) is 56.3 Å². The molecule has 0 spiro atoms. The lowest BCUT2D eigenvalue weighted by atomic mass is 10.2. The van der Waals surface area contributed by atoms with Crippen molar-refractivity contribution in [2.45, 2.75) is 6.92 Å². The molecule has 0 saturated carbocycles. The van der Waals surface area contributed by atoms with Crippen molar-refractivity contribution in [3.05, 3.63) is 38.8 Å². The number of esters is 1. The van der Waals surface area contributed by atoms with Gasteiger partial charge in [-0.3, -0.25) is 4.79 Å². The Morgan fingerprint density at radius 3 is 2.30 bits per heavy atom. The Bertz CT molecular complexity index is 677. The van der Waals surface area contributed by atoms with Gasteiger partial charge in [0.15, 0.2) is 11.5 Å². The summed E-state index contributed by atoms with van der Waals surface area (Å²) in [5, 5.41) is 1.39. The minimum Gasteiger partial charge on any atom is -0.464 e. The summed E-state index contributed by atoms with van der Waals surface area (Å²) in [5.74, 6) is -0.895. The highest BCUT2D eigenvalue weighted by atomic mass is 35.5. The molecular weight excluding hydrogens is 321 g/mol. The molecule has 0 N–H and O–H groups in total. The number of Topliss-reactive ketones (excluding diaryl/α,β-unsaturated/α-hetero) is 1. The monoisotopic (exact) mass is 329 g/mol. The van der Waals surface area contributed by atoms with Crippen LogP contribution in [0.25, 0.3) is 10.6 Å². The predicted molar refractivity (Wildman–Crippen MR) is 78.9 cm³/mol. The molecule has 0 radical (unpaired) electrons. The second kappa shape index (κ2) is 5.91. The molecule has 0 fully saturated rings. The van der Waals surface area contributed by atoms with Gasteiger partial charge in [-0.25, -0.2) is 9.78 Å². The largest absolute Gasteiger partial charge is 0.464 e. The fourth-order valence-electron chi connectivity index (χ4n) is 1.59. The Kier molecular flexibility index (Phi) is 4.42. The quantitative estimate of drug-likeness (QED) is 0.628. The predicted octanol–water partition coefficient (Wildman–Crippen LogP) is 4.11. The molecule has 1 aromatic carbocycles. The first kappa shape index (κ1) is 15.0. The molecule has 4 nitrogen and oxygen atoms in total. The number of benzene rings is 1. The Morgan fingerprint density at radius 1 is 1.20 bits per heavy atom. The standard InChI is InChI=1S/C13H9Cl2NO3S/c1-6(17)11-10(13(18)19-2)16-12(20-11)7-3-8(14)5-9(15)4-7/h3-5H,1-2H3. The highest BCUT2D eigenvalue weighted by molar-refractivity contribution is 7.17. The molecule has 0 aliphatic rings. The van der Waals surface area contributed by atoms with E-state index in [1.165, 1.54) is 14.0 Å². The Labute approximate surface area is 129 Å². The third-order valence-corrected chi connectivity index (χ3v) is 4.08. The average molecular weight is 330 g/mol. The van der Waals surface area contributed by atoms with E-state index in [1.54, 1.807) is 18.2 Å². The second-order valence-corrected chi connectivity index (χ2v) is 5.77. The van der Waals surface area contributed by atoms with Gasteiger partial charge in [0.25, 0.3) is 0 Å². The number of ketones is 1. The van der Waals surface area contributed by atoms with Gasteiger partial charge in [-0.2, -0.15) is 0 Å². The number of rotatable bonds is 3. The molecule has 2 rings (SSSR count). The van der Waals surface area contributed by atoms with Gasteiger partial charge >= 0.3 is 5.97 Å². The molecule has 2 aromatic rings. The Balaban J connectivity index is 2.58. The van der Waals surface area contributed by atoms with Crippen LogP contribution in [0.4, 0.5) is 0 Å². The molecule has 1 aromatic heterocycles. The number of carbonyl (C=O) groups excluding carboxylic acids is 2. The van der Waals surface area contributed by atoms with Crippen molar-refractivity contribution in [2.24, 2.45) is 0 Å². The van der Waals surface area contributed by atoms with Crippen molar-refractivity contribution < 1.29 is 14.3 Å². The van der Waals surface area contributed by atoms with Crippen molar-refractivity contribution in [3.8, 4) is 10.6 Å². The van der Waals surface area contributed by atoms with Gasteiger partial charge in [0.05, 0.1) is 7.11 Å². The van der Waals surface area contributed by atoms with Crippen LogP contribution < -0.4 is 0 Å². The highest BCUT2D eigenvalue weighted by Gasteiger charge is 2.22. The van der Waals surface area contributed by atoms with Crippen LogP contribution in [0.3, 0.4) is 0 Å². The van der Waals surface area contributed by atoms with Crippen LogP contribution in [-0.4, -0.2) is 23.8 Å². The Hall–Kier alpha value is -1.43. The smallest absolute Gasteiger partial charge is 0.358 e. The molecule has 0 bridgehead atoms. The van der Waals surface area contributed by atoms with Crippen molar-refractivity contribution in [3.63, 3.8) is 0 Å². The van der Waals surface area contributed by atoms with Crippen LogP contribution >= 0.6 is 34.5 Å². The number of thiazole rings is 1. The zero-order valence-electron chi connectivity index (χ0n) is 10.6. The molecule has 0 aliphatic heterocycles. The first-order chi connectivity index (χ1) is 9.42. The number of methoxy groups -OCH3 is 1. The molecule has 1 heterocycles. The van der Waals surface area contributed by atoms with Crippen LogP contribution in [0.1, 0.15) is 27.1 Å². The van der Waals surface area contributed by atoms with Gasteiger partial charge in [-0.1, -0.05) is 23.2 Å². The number of hydrogen-bond donors (Lipinski definition) is 0. The molecule has 0 atom stereocenters. The molecule has 0 unspecified atom stereocenters. The number of halogens is 2. The lowest BCUT2D eigenvalue weighted by Gasteiger charge is -1.98. The first-order valence-electron chi connectivity index (χ1n) is 5.49. The van der Waals surface area contributed by atoms with E-state index in [-0.39, 0.29) is 16.4 Å². The second-order valence-electron chi connectivity index (χ2n) is 3.90. The van der Waals surface area contributed by atoms with E-state index in [1.807, 2.05) is 0 Å². The van der Waals surface area contributed by atoms with Crippen LogP contribution in [-0.2, 0) is 4.74 Å². The van der Waals surface area contributed by atoms with E-state index in [2.05, 4.69) is 9.72 Å². The van der Waals surface area contributed by atoms with Crippen molar-refractivity contribution in [1.82, 2.24) is 4.98 Å². The third-order valence-electron chi connectivity index (χ3n) is 2.44. The van der Waals surface area contributed by atoms with E-state index >= 15 is 0 Å². The van der Waals surface area contributed by atoms with Gasteiger partial charge in [0.2, 0.25) is 0 Å². The summed E-state index contributed by atoms with van der Waals surface area (Å²) in [7, 11) is 1.24. The highest BCUT2D eigenvalue weighted by Crippen LogP contribution is 2.32. The van der Waals surface area contributed by atoms with E-state index < -0.39 is 5.97 Å². The van der Waals surface area contributed by atoms with Crippen molar-refractivity contribution in [2.75, 3.05) is 7.11 Å². The van der Waals surface area contributed by atoms with Gasteiger partial charge in [0.1, 0.15) is 9.88 Å². The van der Waals surface area contributed by atoms with Crippen LogP contribution in [0.15, 0.2) is 18.2 Å². The third kappa shape index (κ3) is 3.00. The van der Waals surface area contributed by atoms with Gasteiger partial charge < -0.3 is 4.74 Å². The maximum Gasteiger partial charge on any atom is 0.358 e. The summed E-state index contributed by atoms with van der Waals surface area (Å²) in [6, 6.07) is 4.92. The lowest BCUT2D eigenvalue weighted by Crippen LogP contribution is -2.06. The molecular formula is C13H9Cl2NO3S. The average Bonchev–Trinajstić information content (AvgIpc) is 2.81.